The van der Waals surface area contributed by atoms with Gasteiger partial charge >= 0.3 is 6.18 Å². The van der Waals surface area contributed by atoms with Crippen molar-refractivity contribution in [1.82, 2.24) is 9.97 Å². The third-order valence-corrected chi connectivity index (χ3v) is 2.62. The molecule has 0 fully saturated rings. The number of nitrogens with zero attached hydrogens (tertiary/aromatic N) is 1. The minimum absolute atomic E-state index is 0.00914. The molecule has 0 saturated carbocycles. The van der Waals surface area contributed by atoms with Crippen LogP contribution in [0.15, 0.2) is 30.6 Å². The number of hydrogen-bond donors (Lipinski definition) is 2. The number of hydrogen-bond acceptors (Lipinski definition) is 2. The zero-order chi connectivity index (χ0) is 14.0. The number of alkyl halides is 3. The molecule has 1 unspecified atom stereocenters. The monoisotopic (exact) mass is 274 g/mol. The molecule has 2 rings (SSSR count). The van der Waals surface area contributed by atoms with Crippen molar-refractivity contribution in [2.45, 2.75) is 18.7 Å². The summed E-state index contributed by atoms with van der Waals surface area (Å²) >= 11 is 0. The van der Waals surface area contributed by atoms with Crippen molar-refractivity contribution in [3.8, 4) is 0 Å². The lowest BCUT2D eigenvalue weighted by Gasteiger charge is -2.13. The Labute approximate surface area is 105 Å². The van der Waals surface area contributed by atoms with E-state index in [0.717, 1.165) is 6.07 Å². The summed E-state index contributed by atoms with van der Waals surface area (Å²) in [6.45, 7) is 0. The highest BCUT2D eigenvalue weighted by Crippen LogP contribution is 2.33. The molecule has 1 atom stereocenters. The molecule has 0 amide bonds. The number of nitrogens with one attached hydrogen (secondary N) is 1. The van der Waals surface area contributed by atoms with Gasteiger partial charge in [0, 0.05) is 18.8 Å². The van der Waals surface area contributed by atoms with Crippen LogP contribution in [0.25, 0.3) is 0 Å². The summed E-state index contributed by atoms with van der Waals surface area (Å²) in [4.78, 5) is 6.59. The summed E-state index contributed by atoms with van der Waals surface area (Å²) in [5.41, 5.74) is -1.39. The van der Waals surface area contributed by atoms with Crippen molar-refractivity contribution < 1.29 is 22.7 Å². The number of halogens is 4. The van der Waals surface area contributed by atoms with Gasteiger partial charge in [0.1, 0.15) is 11.6 Å². The first kappa shape index (κ1) is 13.5. The molecule has 0 aliphatic carbocycles. The first-order chi connectivity index (χ1) is 8.88. The maximum atomic E-state index is 13.1. The SMILES string of the molecule is OC(Cc1ncc[nH]1)c1ccc(F)c(C(F)(F)F)c1. The molecule has 0 radical (unpaired) electrons. The van der Waals surface area contributed by atoms with Crippen molar-refractivity contribution in [3.63, 3.8) is 0 Å². The van der Waals surface area contributed by atoms with Gasteiger partial charge in [0.05, 0.1) is 11.7 Å². The van der Waals surface area contributed by atoms with Gasteiger partial charge in [-0.15, -0.1) is 0 Å². The van der Waals surface area contributed by atoms with E-state index >= 15 is 0 Å². The van der Waals surface area contributed by atoms with E-state index in [1.54, 1.807) is 0 Å². The normalized spacial score (nSPS) is 13.5. The predicted octanol–water partition coefficient (Wildman–Crippen LogP) is 2.84. The summed E-state index contributed by atoms with van der Waals surface area (Å²) < 4.78 is 50.7. The van der Waals surface area contributed by atoms with E-state index in [2.05, 4.69) is 9.97 Å². The van der Waals surface area contributed by atoms with Gasteiger partial charge in [-0.05, 0) is 17.7 Å². The fourth-order valence-corrected chi connectivity index (χ4v) is 1.68. The molecule has 2 aromatic rings. The van der Waals surface area contributed by atoms with Crippen molar-refractivity contribution in [2.24, 2.45) is 0 Å². The molecule has 1 heterocycles. The van der Waals surface area contributed by atoms with Crippen molar-refractivity contribution in [3.05, 3.63) is 53.4 Å². The van der Waals surface area contributed by atoms with E-state index in [1.165, 1.54) is 12.4 Å². The van der Waals surface area contributed by atoms with Gasteiger partial charge in [0.25, 0.3) is 0 Å². The summed E-state index contributed by atoms with van der Waals surface area (Å²) in [6, 6.07) is 2.44. The van der Waals surface area contributed by atoms with Gasteiger partial charge in [-0.3, -0.25) is 0 Å². The Morgan fingerprint density at radius 1 is 1.32 bits per heavy atom. The average Bonchev–Trinajstić information content (AvgIpc) is 2.80. The van der Waals surface area contributed by atoms with Crippen LogP contribution in [0, 0.1) is 5.82 Å². The average molecular weight is 274 g/mol. The first-order valence-corrected chi connectivity index (χ1v) is 5.41. The summed E-state index contributed by atoms with van der Waals surface area (Å²) in [6.07, 6.45) is -2.95. The maximum absolute atomic E-state index is 13.1. The van der Waals surface area contributed by atoms with Crippen molar-refractivity contribution in [2.75, 3.05) is 0 Å². The second-order valence-corrected chi connectivity index (χ2v) is 3.99. The molecule has 0 bridgehead atoms. The van der Waals surface area contributed by atoms with Gasteiger partial charge in [-0.2, -0.15) is 13.2 Å². The van der Waals surface area contributed by atoms with Crippen LogP contribution in [0.2, 0.25) is 0 Å². The van der Waals surface area contributed by atoms with Crippen LogP contribution in [0.4, 0.5) is 17.6 Å². The van der Waals surface area contributed by atoms with Crippen LogP contribution in [0.5, 0.6) is 0 Å². The molecule has 3 nitrogen and oxygen atoms in total. The van der Waals surface area contributed by atoms with Crippen molar-refractivity contribution >= 4 is 0 Å². The molecular weight excluding hydrogens is 264 g/mol. The number of aliphatic hydroxyl groups excluding tert-OH is 1. The summed E-state index contributed by atoms with van der Waals surface area (Å²) in [7, 11) is 0. The van der Waals surface area contributed by atoms with Crippen LogP contribution in [-0.4, -0.2) is 15.1 Å². The van der Waals surface area contributed by atoms with Gasteiger partial charge in [0.15, 0.2) is 0 Å². The van der Waals surface area contributed by atoms with Gasteiger partial charge in [-0.25, -0.2) is 9.37 Å². The highest BCUT2D eigenvalue weighted by atomic mass is 19.4. The predicted molar refractivity (Wildman–Crippen MR) is 58.7 cm³/mol. The standard InChI is InChI=1S/C12H10F4N2O/c13-9-2-1-7(5-8(9)12(14,15)16)10(19)6-11-17-3-4-18-11/h1-5,10,19H,6H2,(H,17,18). The van der Waals surface area contributed by atoms with Gasteiger partial charge in [-0.1, -0.05) is 6.07 Å². The Hall–Kier alpha value is -1.89. The lowest BCUT2D eigenvalue weighted by Crippen LogP contribution is -2.11. The molecule has 2 N–H and O–H groups in total. The van der Waals surface area contributed by atoms with Crippen molar-refractivity contribution in [1.29, 1.82) is 0 Å². The number of imidazole rings is 1. The maximum Gasteiger partial charge on any atom is 0.419 e. The van der Waals surface area contributed by atoms with E-state index in [4.69, 9.17) is 0 Å². The van der Waals surface area contributed by atoms with E-state index < -0.39 is 23.7 Å². The van der Waals surface area contributed by atoms with Gasteiger partial charge in [0.2, 0.25) is 0 Å². The Morgan fingerprint density at radius 2 is 2.05 bits per heavy atom. The Balaban J connectivity index is 2.25. The van der Waals surface area contributed by atoms with Gasteiger partial charge < -0.3 is 10.1 Å². The van der Waals surface area contributed by atoms with E-state index in [-0.39, 0.29) is 12.0 Å². The van der Waals surface area contributed by atoms with E-state index in [0.29, 0.717) is 18.0 Å². The molecule has 7 heteroatoms. The quantitative estimate of drug-likeness (QED) is 0.845. The molecule has 0 aliphatic rings. The highest BCUT2D eigenvalue weighted by molar-refractivity contribution is 5.29. The fourth-order valence-electron chi connectivity index (χ4n) is 1.68. The third kappa shape index (κ3) is 3.11. The number of benzene rings is 1. The van der Waals surface area contributed by atoms with Crippen LogP contribution in [-0.2, 0) is 12.6 Å². The zero-order valence-corrected chi connectivity index (χ0v) is 9.58. The largest absolute Gasteiger partial charge is 0.419 e. The molecular formula is C12H10F4N2O. The molecule has 1 aromatic heterocycles. The minimum Gasteiger partial charge on any atom is -0.388 e. The Morgan fingerprint density at radius 3 is 2.63 bits per heavy atom. The van der Waals surface area contributed by atoms with Crippen LogP contribution in [0.3, 0.4) is 0 Å². The highest BCUT2D eigenvalue weighted by Gasteiger charge is 2.34. The van der Waals surface area contributed by atoms with E-state index in [1.807, 2.05) is 0 Å². The molecule has 0 spiro atoms. The Bertz CT molecular complexity index is 551. The molecule has 19 heavy (non-hydrogen) atoms. The summed E-state index contributed by atoms with van der Waals surface area (Å²) in [5.74, 6) is -0.924. The van der Waals surface area contributed by atoms with E-state index in [9.17, 15) is 22.7 Å². The second-order valence-electron chi connectivity index (χ2n) is 3.99. The van der Waals surface area contributed by atoms with Crippen LogP contribution >= 0.6 is 0 Å². The number of rotatable bonds is 3. The topological polar surface area (TPSA) is 48.9 Å². The molecule has 0 saturated heterocycles. The smallest absolute Gasteiger partial charge is 0.388 e. The minimum atomic E-state index is -4.79. The third-order valence-electron chi connectivity index (χ3n) is 2.62. The second kappa shape index (κ2) is 5.00. The number of aliphatic hydroxyl groups is 1. The molecule has 1 aromatic carbocycles. The lowest BCUT2D eigenvalue weighted by molar-refractivity contribution is -0.140. The number of aromatic amines is 1. The summed E-state index contributed by atoms with van der Waals surface area (Å²) in [5, 5.41) is 9.82. The lowest BCUT2D eigenvalue weighted by atomic mass is 10.0. The first-order valence-electron chi connectivity index (χ1n) is 5.41. The Kier molecular flexibility index (Phi) is 3.57. The fraction of sp³-hybridized carbons (Fsp3) is 0.250. The number of H-pyrrole nitrogens is 1. The molecule has 0 aliphatic heterocycles. The zero-order valence-electron chi connectivity index (χ0n) is 9.58. The van der Waals surface area contributed by atoms with Crippen LogP contribution < -0.4 is 0 Å². The van der Waals surface area contributed by atoms with Crippen LogP contribution in [0.1, 0.15) is 23.1 Å². The molecule has 102 valence electrons. The number of aromatic nitrogens is 2.